The van der Waals surface area contributed by atoms with Crippen LogP contribution in [0.1, 0.15) is 37.3 Å². The molecule has 0 aliphatic heterocycles. The number of pyridine rings is 1. The minimum Gasteiger partial charge on any atom is -0.439 e. The topological polar surface area (TPSA) is 57.0 Å². The Morgan fingerprint density at radius 3 is 2.52 bits per heavy atom. The number of carbonyl (C=O) groups is 1. The smallest absolute Gasteiger partial charge is 0.417 e. The highest BCUT2D eigenvalue weighted by molar-refractivity contribution is 5.80. The minimum absolute atomic E-state index is 0.0803. The Labute approximate surface area is 152 Å². The Morgan fingerprint density at radius 2 is 1.85 bits per heavy atom. The molecule has 1 saturated carbocycles. The molecule has 0 atom stereocenters. The van der Waals surface area contributed by atoms with Gasteiger partial charge >= 0.3 is 6.18 Å². The molecule has 0 radical (unpaired) electrons. The molecule has 0 bridgehead atoms. The van der Waals surface area contributed by atoms with Crippen molar-refractivity contribution >= 4 is 16.8 Å². The maximum atomic E-state index is 12.6. The number of alkyl halides is 3. The van der Waals surface area contributed by atoms with E-state index in [0.29, 0.717) is 18.6 Å². The lowest BCUT2D eigenvalue weighted by Gasteiger charge is -2.23. The van der Waals surface area contributed by atoms with Crippen LogP contribution >= 0.6 is 0 Å². The van der Waals surface area contributed by atoms with Crippen LogP contribution in [0.5, 0.6) is 11.6 Å². The van der Waals surface area contributed by atoms with Crippen molar-refractivity contribution in [2.45, 2.75) is 37.9 Å². The highest BCUT2D eigenvalue weighted by Gasteiger charge is 2.30. The molecule has 1 fully saturated rings. The second-order valence-corrected chi connectivity index (χ2v) is 6.56. The number of hydrogen-bond donors (Lipinski definition) is 0. The van der Waals surface area contributed by atoms with Crippen LogP contribution in [0.15, 0.2) is 42.9 Å². The Hall–Kier alpha value is -2.90. The van der Waals surface area contributed by atoms with Gasteiger partial charge in [0.1, 0.15) is 11.5 Å². The number of benzene rings is 1. The van der Waals surface area contributed by atoms with Crippen LogP contribution in [-0.4, -0.2) is 20.3 Å². The largest absolute Gasteiger partial charge is 0.439 e. The van der Waals surface area contributed by atoms with E-state index in [4.69, 9.17) is 4.74 Å². The van der Waals surface area contributed by atoms with E-state index in [2.05, 4.69) is 9.97 Å². The van der Waals surface area contributed by atoms with Crippen LogP contribution in [0.25, 0.3) is 11.0 Å². The average molecular weight is 375 g/mol. The molecule has 27 heavy (non-hydrogen) atoms. The average Bonchev–Trinajstić information content (AvgIpc) is 3.05. The number of rotatable bonds is 3. The normalized spacial score (nSPS) is 16.0. The lowest BCUT2D eigenvalue weighted by atomic mass is 9.94. The number of ketones is 1. The molecule has 3 aromatic rings. The van der Waals surface area contributed by atoms with Gasteiger partial charge in [0.15, 0.2) is 0 Å². The molecule has 8 heteroatoms. The van der Waals surface area contributed by atoms with Gasteiger partial charge in [0, 0.05) is 37.2 Å². The molecule has 1 aliphatic carbocycles. The van der Waals surface area contributed by atoms with E-state index in [1.165, 1.54) is 6.07 Å². The standard InChI is InChI=1S/C19H16F3N3O2/c20-19(21,22)12-1-8-18(23-10-12)27-15-6-7-16-17(9-15)25(11-24-16)13-2-4-14(26)5-3-13/h1,6-11,13H,2-5H2. The number of ether oxygens (including phenoxy) is 1. The van der Waals surface area contributed by atoms with Gasteiger partial charge in [0.2, 0.25) is 5.88 Å². The number of nitrogens with zero attached hydrogens (tertiary/aromatic N) is 3. The zero-order chi connectivity index (χ0) is 19.0. The predicted octanol–water partition coefficient (Wildman–Crippen LogP) is 4.93. The second-order valence-electron chi connectivity index (χ2n) is 6.56. The quantitative estimate of drug-likeness (QED) is 0.652. The van der Waals surface area contributed by atoms with E-state index in [9.17, 15) is 18.0 Å². The van der Waals surface area contributed by atoms with Crippen LogP contribution in [0.3, 0.4) is 0 Å². The summed E-state index contributed by atoms with van der Waals surface area (Å²) in [5.41, 5.74) is 0.827. The molecule has 5 nitrogen and oxygen atoms in total. The Bertz CT molecular complexity index is 970. The molecule has 4 rings (SSSR count). The molecule has 1 aliphatic rings. The third-order valence-electron chi connectivity index (χ3n) is 4.74. The number of halogens is 3. The SMILES string of the molecule is O=C1CCC(n2cnc3ccc(Oc4ccc(C(F)(F)F)cn4)cc32)CC1. The van der Waals surface area contributed by atoms with Gasteiger partial charge in [0.05, 0.1) is 22.9 Å². The molecule has 2 heterocycles. The van der Waals surface area contributed by atoms with E-state index >= 15 is 0 Å². The summed E-state index contributed by atoms with van der Waals surface area (Å²) in [7, 11) is 0. The van der Waals surface area contributed by atoms with Gasteiger partial charge in [-0.05, 0) is 31.0 Å². The summed E-state index contributed by atoms with van der Waals surface area (Å²) >= 11 is 0. The predicted molar refractivity (Wildman–Crippen MR) is 91.6 cm³/mol. The molecule has 0 unspecified atom stereocenters. The van der Waals surface area contributed by atoms with Crippen molar-refractivity contribution < 1.29 is 22.7 Å². The molecule has 0 N–H and O–H groups in total. The number of aromatic nitrogens is 3. The zero-order valence-electron chi connectivity index (χ0n) is 14.2. The molecule has 0 amide bonds. The van der Waals surface area contributed by atoms with Crippen molar-refractivity contribution in [3.63, 3.8) is 0 Å². The molecule has 2 aromatic heterocycles. The first kappa shape index (κ1) is 17.5. The monoisotopic (exact) mass is 375 g/mol. The van der Waals surface area contributed by atoms with Crippen LogP contribution in [0.2, 0.25) is 0 Å². The summed E-state index contributed by atoms with van der Waals surface area (Å²) in [4.78, 5) is 19.6. The van der Waals surface area contributed by atoms with Crippen LogP contribution in [-0.2, 0) is 11.0 Å². The van der Waals surface area contributed by atoms with Gasteiger partial charge in [-0.3, -0.25) is 4.79 Å². The summed E-state index contributed by atoms with van der Waals surface area (Å²) in [6.07, 6.45) is 0.748. The Kier molecular flexibility index (Phi) is 4.33. The van der Waals surface area contributed by atoms with Gasteiger partial charge in [-0.15, -0.1) is 0 Å². The number of imidazole rings is 1. The fourth-order valence-corrected chi connectivity index (χ4v) is 3.29. The maximum absolute atomic E-state index is 12.6. The summed E-state index contributed by atoms with van der Waals surface area (Å²) in [5.74, 6) is 0.827. The summed E-state index contributed by atoms with van der Waals surface area (Å²) < 4.78 is 45.5. The lowest BCUT2D eigenvalue weighted by molar-refractivity contribution is -0.137. The van der Waals surface area contributed by atoms with Gasteiger partial charge in [-0.1, -0.05) is 0 Å². The minimum atomic E-state index is -4.43. The lowest BCUT2D eigenvalue weighted by Crippen LogP contribution is -2.17. The van der Waals surface area contributed by atoms with Crippen LogP contribution < -0.4 is 4.74 Å². The summed E-state index contributed by atoms with van der Waals surface area (Å²) in [6.45, 7) is 0. The van der Waals surface area contributed by atoms with Crippen molar-refractivity contribution in [1.29, 1.82) is 0 Å². The van der Waals surface area contributed by atoms with Crippen molar-refractivity contribution in [3.05, 3.63) is 48.4 Å². The van der Waals surface area contributed by atoms with Crippen molar-refractivity contribution in [1.82, 2.24) is 14.5 Å². The van der Waals surface area contributed by atoms with Crippen molar-refractivity contribution in [3.8, 4) is 11.6 Å². The number of fused-ring (bicyclic) bond motifs is 1. The van der Waals surface area contributed by atoms with E-state index < -0.39 is 11.7 Å². The summed E-state index contributed by atoms with van der Waals surface area (Å²) in [5, 5.41) is 0. The van der Waals surface area contributed by atoms with Crippen molar-refractivity contribution in [2.24, 2.45) is 0 Å². The van der Waals surface area contributed by atoms with Gasteiger partial charge in [-0.25, -0.2) is 9.97 Å². The molecular weight excluding hydrogens is 359 g/mol. The highest BCUT2D eigenvalue weighted by atomic mass is 19.4. The van der Waals surface area contributed by atoms with Gasteiger partial charge < -0.3 is 9.30 Å². The third-order valence-corrected chi connectivity index (χ3v) is 4.74. The third kappa shape index (κ3) is 3.65. The fraction of sp³-hybridized carbons (Fsp3) is 0.316. The molecule has 0 spiro atoms. The summed E-state index contributed by atoms with van der Waals surface area (Å²) in [6, 6.07) is 7.61. The van der Waals surface area contributed by atoms with Gasteiger partial charge in [0.25, 0.3) is 0 Å². The molecule has 140 valence electrons. The molecule has 1 aromatic carbocycles. The second kappa shape index (κ2) is 6.68. The van der Waals surface area contributed by atoms with Gasteiger partial charge in [-0.2, -0.15) is 13.2 Å². The Morgan fingerprint density at radius 1 is 1.07 bits per heavy atom. The first-order valence-corrected chi connectivity index (χ1v) is 8.59. The number of Topliss-reactive ketones (excluding diaryl/α,β-unsaturated/α-hetero) is 1. The highest BCUT2D eigenvalue weighted by Crippen LogP contribution is 2.33. The Balaban J connectivity index is 1.58. The van der Waals surface area contributed by atoms with E-state index in [-0.39, 0.29) is 17.7 Å². The maximum Gasteiger partial charge on any atom is 0.417 e. The fourth-order valence-electron chi connectivity index (χ4n) is 3.29. The van der Waals surface area contributed by atoms with E-state index in [1.807, 2.05) is 4.57 Å². The first-order chi connectivity index (χ1) is 12.9. The number of hydrogen-bond acceptors (Lipinski definition) is 4. The first-order valence-electron chi connectivity index (χ1n) is 8.59. The van der Waals surface area contributed by atoms with E-state index in [1.54, 1.807) is 24.5 Å². The van der Waals surface area contributed by atoms with Crippen LogP contribution in [0.4, 0.5) is 13.2 Å². The van der Waals surface area contributed by atoms with Crippen molar-refractivity contribution in [2.75, 3.05) is 0 Å². The van der Waals surface area contributed by atoms with E-state index in [0.717, 1.165) is 36.1 Å². The number of carbonyl (C=O) groups excluding carboxylic acids is 1. The molecule has 0 saturated heterocycles. The zero-order valence-corrected chi connectivity index (χ0v) is 14.2. The van der Waals surface area contributed by atoms with Crippen LogP contribution in [0, 0.1) is 0 Å². The molecular formula is C19H16F3N3O2.